The molecule has 1 aromatic heterocycles. The van der Waals surface area contributed by atoms with Crippen molar-refractivity contribution in [1.29, 1.82) is 0 Å². The van der Waals surface area contributed by atoms with Crippen LogP contribution in [0.15, 0.2) is 18.3 Å². The van der Waals surface area contributed by atoms with Crippen LogP contribution in [0.1, 0.15) is 16.1 Å². The summed E-state index contributed by atoms with van der Waals surface area (Å²) in [5.74, 6) is 0.770. The van der Waals surface area contributed by atoms with Crippen molar-refractivity contribution in [3.05, 3.63) is 29.6 Å². The van der Waals surface area contributed by atoms with Crippen molar-refractivity contribution >= 4 is 29.1 Å². The molecule has 0 bridgehead atoms. The second-order valence-electron chi connectivity index (χ2n) is 3.36. The molecule has 0 saturated heterocycles. The molecule has 0 aromatic carbocycles. The molecule has 1 amide bonds. The first-order chi connectivity index (χ1) is 7.69. The first kappa shape index (κ1) is 13.3. The van der Waals surface area contributed by atoms with E-state index in [1.807, 2.05) is 6.92 Å². The van der Waals surface area contributed by atoms with Gasteiger partial charge in [0.15, 0.2) is 0 Å². The van der Waals surface area contributed by atoms with Crippen molar-refractivity contribution in [1.82, 2.24) is 9.88 Å². The van der Waals surface area contributed by atoms with Gasteiger partial charge in [0.1, 0.15) is 0 Å². The van der Waals surface area contributed by atoms with Gasteiger partial charge in [-0.3, -0.25) is 9.78 Å². The molecule has 88 valence electrons. The quantitative estimate of drug-likeness (QED) is 0.762. The summed E-state index contributed by atoms with van der Waals surface area (Å²) in [5, 5.41) is 0. The molecule has 0 N–H and O–H groups in total. The number of alkyl halides is 2. The summed E-state index contributed by atoms with van der Waals surface area (Å²) < 4.78 is 0. The number of hydrogen-bond donors (Lipinski definition) is 0. The van der Waals surface area contributed by atoms with Crippen LogP contribution in [0, 0.1) is 6.92 Å². The van der Waals surface area contributed by atoms with Crippen molar-refractivity contribution in [2.75, 3.05) is 24.8 Å². The Morgan fingerprint density at radius 1 is 1.38 bits per heavy atom. The minimum atomic E-state index is -0.0493. The molecule has 0 saturated carbocycles. The van der Waals surface area contributed by atoms with E-state index in [1.165, 1.54) is 0 Å². The number of amides is 1. The van der Waals surface area contributed by atoms with Gasteiger partial charge in [-0.25, -0.2) is 0 Å². The predicted molar refractivity (Wildman–Crippen MR) is 66.3 cm³/mol. The summed E-state index contributed by atoms with van der Waals surface area (Å²) in [7, 11) is 0. The third-order valence-electron chi connectivity index (χ3n) is 2.14. The first-order valence-corrected chi connectivity index (χ1v) is 6.09. The number of hydrogen-bond acceptors (Lipinski definition) is 2. The van der Waals surface area contributed by atoms with Crippen LogP contribution < -0.4 is 0 Å². The van der Waals surface area contributed by atoms with Gasteiger partial charge in [0, 0.05) is 42.3 Å². The highest BCUT2D eigenvalue weighted by Crippen LogP contribution is 2.06. The molecule has 0 aliphatic rings. The summed E-state index contributed by atoms with van der Waals surface area (Å²) in [5.41, 5.74) is 1.45. The Hall–Kier alpha value is -0.800. The van der Waals surface area contributed by atoms with Crippen LogP contribution in [0.2, 0.25) is 0 Å². The normalized spacial score (nSPS) is 10.2. The van der Waals surface area contributed by atoms with E-state index in [1.54, 1.807) is 23.2 Å². The van der Waals surface area contributed by atoms with Crippen molar-refractivity contribution in [3.8, 4) is 0 Å². The Kier molecular flexibility index (Phi) is 5.56. The summed E-state index contributed by atoms with van der Waals surface area (Å²) in [6.45, 7) is 2.87. The maximum absolute atomic E-state index is 12.1. The molecule has 16 heavy (non-hydrogen) atoms. The van der Waals surface area contributed by atoms with Gasteiger partial charge < -0.3 is 4.90 Å². The maximum Gasteiger partial charge on any atom is 0.254 e. The predicted octanol–water partition coefficient (Wildman–Crippen LogP) is 2.31. The molecule has 1 heterocycles. The lowest BCUT2D eigenvalue weighted by atomic mass is 10.2. The average molecular weight is 261 g/mol. The van der Waals surface area contributed by atoms with Gasteiger partial charge in [-0.1, -0.05) is 0 Å². The third kappa shape index (κ3) is 3.65. The molecule has 0 aliphatic carbocycles. The largest absolute Gasteiger partial charge is 0.336 e. The molecule has 3 nitrogen and oxygen atoms in total. The number of pyridine rings is 1. The van der Waals surface area contributed by atoms with E-state index in [4.69, 9.17) is 23.2 Å². The molecular weight excluding hydrogens is 247 g/mol. The van der Waals surface area contributed by atoms with Crippen molar-refractivity contribution in [3.63, 3.8) is 0 Å². The Labute approximate surface area is 105 Å². The Morgan fingerprint density at radius 2 is 2.00 bits per heavy atom. The number of aromatic nitrogens is 1. The van der Waals surface area contributed by atoms with Crippen molar-refractivity contribution in [2.45, 2.75) is 6.92 Å². The molecule has 0 radical (unpaired) electrons. The zero-order valence-corrected chi connectivity index (χ0v) is 10.6. The molecule has 5 heteroatoms. The number of nitrogens with zero attached hydrogens (tertiary/aromatic N) is 2. The maximum atomic E-state index is 12.1. The van der Waals surface area contributed by atoms with Gasteiger partial charge in [0.2, 0.25) is 0 Å². The van der Waals surface area contributed by atoms with E-state index in [9.17, 15) is 4.79 Å². The highest BCUT2D eigenvalue weighted by Gasteiger charge is 2.14. The lowest BCUT2D eigenvalue weighted by Gasteiger charge is -2.20. The smallest absolute Gasteiger partial charge is 0.254 e. The monoisotopic (exact) mass is 260 g/mol. The number of rotatable bonds is 5. The molecular formula is C11H14Cl2N2O. The van der Waals surface area contributed by atoms with Gasteiger partial charge in [0.25, 0.3) is 5.91 Å². The molecule has 1 rings (SSSR count). The van der Waals surface area contributed by atoms with Crippen LogP contribution in [0.5, 0.6) is 0 Å². The zero-order valence-electron chi connectivity index (χ0n) is 9.12. The van der Waals surface area contributed by atoms with Crippen molar-refractivity contribution < 1.29 is 4.79 Å². The SMILES string of the molecule is Cc1cc(C(=O)N(CCCl)CCCl)ccn1. The van der Waals surface area contributed by atoms with Gasteiger partial charge in [-0.15, -0.1) is 23.2 Å². The lowest BCUT2D eigenvalue weighted by Crippen LogP contribution is -2.34. The van der Waals surface area contributed by atoms with E-state index in [2.05, 4.69) is 4.98 Å². The third-order valence-corrected chi connectivity index (χ3v) is 2.48. The first-order valence-electron chi connectivity index (χ1n) is 5.03. The Balaban J connectivity index is 2.81. The standard InChI is InChI=1S/C11H14Cl2N2O/c1-9-8-10(2-5-14-9)11(16)15(6-3-12)7-4-13/h2,5,8H,3-4,6-7H2,1H3. The highest BCUT2D eigenvalue weighted by atomic mass is 35.5. The second kappa shape index (κ2) is 6.71. The molecule has 1 aromatic rings. The van der Waals surface area contributed by atoms with Crippen LogP contribution in [0.25, 0.3) is 0 Å². The number of aryl methyl sites for hydroxylation is 1. The molecule has 0 spiro atoms. The number of carbonyl (C=O) groups excluding carboxylic acids is 1. The topological polar surface area (TPSA) is 33.2 Å². The van der Waals surface area contributed by atoms with Gasteiger partial charge in [-0.2, -0.15) is 0 Å². The summed E-state index contributed by atoms with van der Waals surface area (Å²) >= 11 is 11.3. The van der Waals surface area contributed by atoms with Gasteiger partial charge in [0.05, 0.1) is 0 Å². The fraction of sp³-hybridized carbons (Fsp3) is 0.455. The Morgan fingerprint density at radius 3 is 2.50 bits per heavy atom. The number of carbonyl (C=O) groups is 1. The molecule has 0 unspecified atom stereocenters. The summed E-state index contributed by atoms with van der Waals surface area (Å²) in [4.78, 5) is 17.8. The van der Waals surface area contributed by atoms with E-state index in [0.29, 0.717) is 30.4 Å². The van der Waals surface area contributed by atoms with Crippen LogP contribution in [-0.2, 0) is 0 Å². The van der Waals surface area contributed by atoms with Crippen LogP contribution in [0.4, 0.5) is 0 Å². The van der Waals surface area contributed by atoms with E-state index in [-0.39, 0.29) is 5.91 Å². The van der Waals surface area contributed by atoms with Crippen molar-refractivity contribution in [2.24, 2.45) is 0 Å². The van der Waals surface area contributed by atoms with Crippen LogP contribution >= 0.6 is 23.2 Å². The molecule has 0 atom stereocenters. The summed E-state index contributed by atoms with van der Waals surface area (Å²) in [6.07, 6.45) is 1.63. The van der Waals surface area contributed by atoms with Crippen LogP contribution in [-0.4, -0.2) is 40.6 Å². The van der Waals surface area contributed by atoms with Crippen LogP contribution in [0.3, 0.4) is 0 Å². The average Bonchev–Trinajstić information content (AvgIpc) is 2.28. The van der Waals surface area contributed by atoms with E-state index in [0.717, 1.165) is 5.69 Å². The van der Waals surface area contributed by atoms with E-state index < -0.39 is 0 Å². The number of halogens is 2. The minimum Gasteiger partial charge on any atom is -0.336 e. The fourth-order valence-electron chi connectivity index (χ4n) is 1.38. The van der Waals surface area contributed by atoms with E-state index >= 15 is 0 Å². The summed E-state index contributed by atoms with van der Waals surface area (Å²) in [6, 6.07) is 3.46. The molecule has 0 aliphatic heterocycles. The van der Waals surface area contributed by atoms with Gasteiger partial charge >= 0.3 is 0 Å². The van der Waals surface area contributed by atoms with Gasteiger partial charge in [-0.05, 0) is 19.1 Å². The Bertz CT molecular complexity index is 352. The zero-order chi connectivity index (χ0) is 12.0. The molecule has 0 fully saturated rings. The second-order valence-corrected chi connectivity index (χ2v) is 4.11. The highest BCUT2D eigenvalue weighted by molar-refractivity contribution is 6.18. The lowest BCUT2D eigenvalue weighted by molar-refractivity contribution is 0.0775. The fourth-order valence-corrected chi connectivity index (χ4v) is 1.79. The minimum absolute atomic E-state index is 0.0493.